The second-order valence-electron chi connectivity index (χ2n) is 7.07. The summed E-state index contributed by atoms with van der Waals surface area (Å²) in [5.74, 6) is -0.141. The molecule has 1 N–H and O–H groups in total. The van der Waals surface area contributed by atoms with Crippen molar-refractivity contribution in [1.29, 1.82) is 5.26 Å². The van der Waals surface area contributed by atoms with Gasteiger partial charge in [-0.25, -0.2) is 8.42 Å². The van der Waals surface area contributed by atoms with Crippen molar-refractivity contribution in [3.8, 4) is 6.07 Å². The van der Waals surface area contributed by atoms with Crippen LogP contribution in [0.1, 0.15) is 23.6 Å². The van der Waals surface area contributed by atoms with E-state index in [0.29, 0.717) is 32.6 Å². The highest BCUT2D eigenvalue weighted by molar-refractivity contribution is 7.89. The molecule has 7 nitrogen and oxygen atoms in total. The van der Waals surface area contributed by atoms with E-state index in [0.717, 1.165) is 11.1 Å². The van der Waals surface area contributed by atoms with Crippen LogP contribution in [0.15, 0.2) is 42.7 Å². The van der Waals surface area contributed by atoms with Crippen molar-refractivity contribution in [3.63, 3.8) is 0 Å². The van der Waals surface area contributed by atoms with Crippen LogP contribution in [-0.4, -0.2) is 47.9 Å². The molecule has 0 amide bonds. The van der Waals surface area contributed by atoms with Crippen LogP contribution < -0.4 is 5.32 Å². The predicted octanol–water partition coefficient (Wildman–Crippen LogP) is 1.12. The fourth-order valence-electron chi connectivity index (χ4n) is 3.89. The molecule has 0 aliphatic carbocycles. The van der Waals surface area contributed by atoms with E-state index in [2.05, 4.69) is 16.5 Å². The van der Waals surface area contributed by atoms with E-state index in [1.165, 1.54) is 4.31 Å². The Morgan fingerprint density at radius 3 is 2.88 bits per heavy atom. The summed E-state index contributed by atoms with van der Waals surface area (Å²) in [6, 6.07) is 11.8. The number of fused-ring (bicyclic) bond motifs is 1. The van der Waals surface area contributed by atoms with E-state index in [1.807, 2.05) is 36.5 Å². The molecule has 2 aliphatic rings. The SMILES string of the molecule is N#CC1(CS(=O)(=O)N2Cc3ccccc3C(n3cccn3)C2)CCNC1. The van der Waals surface area contributed by atoms with Gasteiger partial charge in [-0.1, -0.05) is 24.3 Å². The average Bonchev–Trinajstić information content (AvgIpc) is 3.33. The van der Waals surface area contributed by atoms with Crippen LogP contribution in [0.5, 0.6) is 0 Å². The third kappa shape index (κ3) is 3.03. The van der Waals surface area contributed by atoms with Crippen LogP contribution in [0.2, 0.25) is 0 Å². The van der Waals surface area contributed by atoms with Gasteiger partial charge in [0.15, 0.2) is 0 Å². The van der Waals surface area contributed by atoms with E-state index < -0.39 is 15.4 Å². The van der Waals surface area contributed by atoms with Crippen LogP contribution in [0.4, 0.5) is 0 Å². The van der Waals surface area contributed by atoms with Crippen LogP contribution in [0, 0.1) is 16.7 Å². The van der Waals surface area contributed by atoms with Gasteiger partial charge in [-0.05, 0) is 30.2 Å². The number of hydrogen-bond acceptors (Lipinski definition) is 5. The monoisotopic (exact) mass is 371 g/mol. The van der Waals surface area contributed by atoms with Gasteiger partial charge in [0.05, 0.1) is 23.3 Å². The second-order valence-corrected chi connectivity index (χ2v) is 9.04. The summed E-state index contributed by atoms with van der Waals surface area (Å²) in [6.07, 6.45) is 4.12. The third-order valence-electron chi connectivity index (χ3n) is 5.31. The van der Waals surface area contributed by atoms with Gasteiger partial charge < -0.3 is 5.32 Å². The molecule has 2 atom stereocenters. The maximum absolute atomic E-state index is 13.1. The van der Waals surface area contributed by atoms with Gasteiger partial charge in [0.25, 0.3) is 0 Å². The minimum Gasteiger partial charge on any atom is -0.315 e. The molecule has 2 aliphatic heterocycles. The average molecular weight is 371 g/mol. The van der Waals surface area contributed by atoms with Crippen LogP contribution in [0.3, 0.4) is 0 Å². The fourth-order valence-corrected chi connectivity index (χ4v) is 5.78. The number of nitrogens with one attached hydrogen (secondary N) is 1. The van der Waals surface area contributed by atoms with Crippen molar-refractivity contribution in [1.82, 2.24) is 19.4 Å². The first-order valence-electron chi connectivity index (χ1n) is 8.70. The van der Waals surface area contributed by atoms with Gasteiger partial charge in [0.1, 0.15) is 0 Å². The molecule has 0 saturated carbocycles. The van der Waals surface area contributed by atoms with Crippen molar-refractivity contribution in [2.24, 2.45) is 5.41 Å². The van der Waals surface area contributed by atoms with Crippen molar-refractivity contribution >= 4 is 10.0 Å². The highest BCUT2D eigenvalue weighted by Crippen LogP contribution is 2.33. The quantitative estimate of drug-likeness (QED) is 0.870. The molecule has 8 heteroatoms. The number of sulfonamides is 1. The zero-order valence-electron chi connectivity index (χ0n) is 14.4. The molecule has 0 spiro atoms. The predicted molar refractivity (Wildman–Crippen MR) is 96.5 cm³/mol. The Morgan fingerprint density at radius 1 is 1.35 bits per heavy atom. The summed E-state index contributed by atoms with van der Waals surface area (Å²) in [6.45, 7) is 1.78. The standard InChI is InChI=1S/C18H21N5O2S/c19-12-18(6-8-20-13-18)14-26(24,25)22-10-15-4-1-2-5-16(15)17(11-22)23-9-3-7-21-23/h1-5,7,9,17,20H,6,8,10-11,13-14H2. The largest absolute Gasteiger partial charge is 0.315 e. The first-order chi connectivity index (χ1) is 12.5. The molecule has 2 aromatic rings. The second kappa shape index (κ2) is 6.50. The third-order valence-corrected chi connectivity index (χ3v) is 7.30. The van der Waals surface area contributed by atoms with Crippen LogP contribution in [0.25, 0.3) is 0 Å². The summed E-state index contributed by atoms with van der Waals surface area (Å²) in [5.41, 5.74) is 1.25. The molecule has 1 aromatic heterocycles. The summed E-state index contributed by atoms with van der Waals surface area (Å²) >= 11 is 0. The van der Waals surface area contributed by atoms with Crippen molar-refractivity contribution in [2.75, 3.05) is 25.4 Å². The number of hydrogen-bond donors (Lipinski definition) is 1. The minimum absolute atomic E-state index is 0.141. The Balaban J connectivity index is 1.66. The lowest BCUT2D eigenvalue weighted by atomic mass is 9.92. The lowest BCUT2D eigenvalue weighted by Gasteiger charge is -2.35. The summed E-state index contributed by atoms with van der Waals surface area (Å²) < 4.78 is 29.6. The Kier molecular flexibility index (Phi) is 4.31. The fraction of sp³-hybridized carbons (Fsp3) is 0.444. The maximum atomic E-state index is 13.1. The molecule has 2 unspecified atom stereocenters. The normalized spacial score (nSPS) is 26.3. The number of benzene rings is 1. The highest BCUT2D eigenvalue weighted by atomic mass is 32.2. The maximum Gasteiger partial charge on any atom is 0.216 e. The Hall–Kier alpha value is -2.21. The summed E-state index contributed by atoms with van der Waals surface area (Å²) in [4.78, 5) is 0. The molecule has 1 aromatic carbocycles. The van der Waals surface area contributed by atoms with Crippen LogP contribution in [-0.2, 0) is 16.6 Å². The van der Waals surface area contributed by atoms with Crippen molar-refractivity contribution in [3.05, 3.63) is 53.9 Å². The topological polar surface area (TPSA) is 91.0 Å². The molecule has 0 radical (unpaired) electrons. The molecule has 3 heterocycles. The molecule has 1 saturated heterocycles. The molecular formula is C18H21N5O2S. The van der Waals surface area contributed by atoms with E-state index in [9.17, 15) is 13.7 Å². The Labute approximate surface area is 153 Å². The molecule has 1 fully saturated rings. The lowest BCUT2D eigenvalue weighted by molar-refractivity contribution is 0.316. The number of nitrogens with zero attached hydrogens (tertiary/aromatic N) is 4. The van der Waals surface area contributed by atoms with Gasteiger partial charge in [0.2, 0.25) is 10.0 Å². The van der Waals surface area contributed by atoms with Crippen molar-refractivity contribution < 1.29 is 8.42 Å². The van der Waals surface area contributed by atoms with Gasteiger partial charge in [0, 0.05) is 32.0 Å². The van der Waals surface area contributed by atoms with Gasteiger partial charge in [-0.2, -0.15) is 14.7 Å². The smallest absolute Gasteiger partial charge is 0.216 e. The summed E-state index contributed by atoms with van der Waals surface area (Å²) in [5, 5.41) is 17.0. The van der Waals surface area contributed by atoms with Crippen molar-refractivity contribution in [2.45, 2.75) is 19.0 Å². The molecule has 0 bridgehead atoms. The number of rotatable bonds is 4. The van der Waals surface area contributed by atoms with E-state index in [-0.39, 0.29) is 11.8 Å². The molecular weight excluding hydrogens is 350 g/mol. The number of nitriles is 1. The first-order valence-corrected chi connectivity index (χ1v) is 10.3. The van der Waals surface area contributed by atoms with Gasteiger partial charge in [-0.3, -0.25) is 4.68 Å². The van der Waals surface area contributed by atoms with E-state index in [4.69, 9.17) is 0 Å². The summed E-state index contributed by atoms with van der Waals surface area (Å²) in [7, 11) is -3.57. The molecule has 26 heavy (non-hydrogen) atoms. The zero-order chi connectivity index (χ0) is 18.2. The number of aromatic nitrogens is 2. The highest BCUT2D eigenvalue weighted by Gasteiger charge is 2.42. The van der Waals surface area contributed by atoms with Gasteiger partial charge in [-0.15, -0.1) is 0 Å². The van der Waals surface area contributed by atoms with E-state index >= 15 is 0 Å². The zero-order valence-corrected chi connectivity index (χ0v) is 15.2. The Morgan fingerprint density at radius 2 is 2.19 bits per heavy atom. The van der Waals surface area contributed by atoms with Crippen LogP contribution >= 0.6 is 0 Å². The van der Waals surface area contributed by atoms with E-state index in [1.54, 1.807) is 10.9 Å². The molecule has 4 rings (SSSR count). The minimum atomic E-state index is -3.57. The Bertz CT molecular complexity index is 927. The lowest BCUT2D eigenvalue weighted by Crippen LogP contribution is -2.45. The molecule has 136 valence electrons. The van der Waals surface area contributed by atoms with Gasteiger partial charge >= 0.3 is 0 Å². The first kappa shape index (κ1) is 17.2.